The highest BCUT2D eigenvalue weighted by Crippen LogP contribution is 2.30. The molecule has 0 aliphatic carbocycles. The molecule has 0 aliphatic rings. The molecule has 104 valence electrons. The first kappa shape index (κ1) is 15.6. The molecule has 0 bridgehead atoms. The number of thiophene rings is 1. The molecule has 4 nitrogen and oxygen atoms in total. The Balaban J connectivity index is 3.25. The van der Waals surface area contributed by atoms with Gasteiger partial charge in [0.25, 0.3) is 0 Å². The maximum absolute atomic E-state index is 12.6. The molecule has 1 aromatic rings. The molecule has 0 aliphatic heterocycles. The third-order valence-electron chi connectivity index (χ3n) is 3.35. The summed E-state index contributed by atoms with van der Waals surface area (Å²) in [7, 11) is -1.81. The monoisotopic (exact) mass is 290 g/mol. The van der Waals surface area contributed by atoms with Gasteiger partial charge in [-0.1, -0.05) is 13.8 Å². The third-order valence-corrected chi connectivity index (χ3v) is 6.78. The van der Waals surface area contributed by atoms with Crippen LogP contribution < -0.4 is 5.73 Å². The Morgan fingerprint density at radius 3 is 2.39 bits per heavy atom. The van der Waals surface area contributed by atoms with E-state index >= 15 is 0 Å². The second-order valence-corrected chi connectivity index (χ2v) is 7.78. The fourth-order valence-corrected chi connectivity index (χ4v) is 4.90. The normalized spacial score (nSPS) is 14.4. The fourth-order valence-electron chi connectivity index (χ4n) is 1.76. The highest BCUT2D eigenvalue weighted by atomic mass is 32.2. The van der Waals surface area contributed by atoms with Crippen LogP contribution in [0.3, 0.4) is 0 Å². The zero-order valence-corrected chi connectivity index (χ0v) is 13.2. The number of hydrogen-bond donors (Lipinski definition) is 1. The van der Waals surface area contributed by atoms with Gasteiger partial charge in [-0.3, -0.25) is 0 Å². The molecular formula is C12H22N2O2S2. The zero-order chi connectivity index (χ0) is 14.1. The van der Waals surface area contributed by atoms with Crippen molar-refractivity contribution in [3.05, 3.63) is 15.8 Å². The molecule has 0 aromatic carbocycles. The molecule has 0 spiro atoms. The smallest absolute Gasteiger partial charge is 0.244 e. The van der Waals surface area contributed by atoms with Crippen LogP contribution >= 0.6 is 11.3 Å². The lowest BCUT2D eigenvalue weighted by molar-refractivity contribution is 0.315. The van der Waals surface area contributed by atoms with Crippen molar-refractivity contribution < 1.29 is 8.42 Å². The van der Waals surface area contributed by atoms with E-state index in [0.717, 1.165) is 10.4 Å². The van der Waals surface area contributed by atoms with E-state index in [1.54, 1.807) is 7.05 Å². The Kier molecular flexibility index (Phi) is 4.94. The molecule has 0 amide bonds. The number of hydrogen-bond acceptors (Lipinski definition) is 4. The van der Waals surface area contributed by atoms with Gasteiger partial charge in [0.2, 0.25) is 10.0 Å². The Labute approximate surface area is 114 Å². The second-order valence-electron chi connectivity index (χ2n) is 4.88. The lowest BCUT2D eigenvalue weighted by Crippen LogP contribution is -2.38. The summed E-state index contributed by atoms with van der Waals surface area (Å²) in [4.78, 5) is 1.13. The van der Waals surface area contributed by atoms with E-state index in [-0.39, 0.29) is 18.5 Å². The highest BCUT2D eigenvalue weighted by Gasteiger charge is 2.30. The van der Waals surface area contributed by atoms with Crippen LogP contribution in [0.15, 0.2) is 10.3 Å². The fraction of sp³-hybridized carbons (Fsp3) is 0.667. The molecule has 0 saturated heterocycles. The quantitative estimate of drug-likeness (QED) is 0.904. The van der Waals surface area contributed by atoms with E-state index in [1.165, 1.54) is 15.6 Å². The van der Waals surface area contributed by atoms with Gasteiger partial charge in [0.15, 0.2) is 0 Å². The molecule has 18 heavy (non-hydrogen) atoms. The Bertz CT molecular complexity index is 506. The molecule has 1 aromatic heterocycles. The lowest BCUT2D eigenvalue weighted by atomic mass is 10.1. The first-order chi connectivity index (χ1) is 8.23. The minimum atomic E-state index is -3.45. The van der Waals surface area contributed by atoms with Crippen LogP contribution in [0, 0.1) is 12.8 Å². The molecule has 6 heteroatoms. The number of nitrogens with two attached hydrogens (primary N) is 1. The zero-order valence-electron chi connectivity index (χ0n) is 11.6. The molecule has 1 unspecified atom stereocenters. The van der Waals surface area contributed by atoms with Crippen molar-refractivity contribution >= 4 is 21.4 Å². The van der Waals surface area contributed by atoms with Gasteiger partial charge in [-0.15, -0.1) is 11.3 Å². The summed E-state index contributed by atoms with van der Waals surface area (Å²) in [5.74, 6) is 0.269. The maximum Gasteiger partial charge on any atom is 0.244 e. The SMILES string of the molecule is Cc1csc(CN)c1S(=O)(=O)N(C)C(C)C(C)C. The summed E-state index contributed by atoms with van der Waals surface area (Å²) in [6.07, 6.45) is 0. The van der Waals surface area contributed by atoms with Crippen LogP contribution in [0.2, 0.25) is 0 Å². The summed E-state index contributed by atoms with van der Waals surface area (Å²) in [6, 6.07) is -0.0417. The van der Waals surface area contributed by atoms with Crippen LogP contribution in [-0.4, -0.2) is 25.8 Å². The first-order valence-electron chi connectivity index (χ1n) is 5.98. The van der Waals surface area contributed by atoms with E-state index in [1.807, 2.05) is 33.1 Å². The van der Waals surface area contributed by atoms with Crippen molar-refractivity contribution in [2.45, 2.75) is 45.2 Å². The largest absolute Gasteiger partial charge is 0.326 e. The van der Waals surface area contributed by atoms with E-state index in [4.69, 9.17) is 5.73 Å². The van der Waals surface area contributed by atoms with Crippen LogP contribution in [0.5, 0.6) is 0 Å². The van der Waals surface area contributed by atoms with Gasteiger partial charge in [-0.05, 0) is 30.7 Å². The first-order valence-corrected chi connectivity index (χ1v) is 8.30. The number of aryl methyl sites for hydroxylation is 1. The predicted molar refractivity (Wildman–Crippen MR) is 76.2 cm³/mol. The van der Waals surface area contributed by atoms with Crippen LogP contribution in [0.25, 0.3) is 0 Å². The van der Waals surface area contributed by atoms with E-state index in [0.29, 0.717) is 4.90 Å². The lowest BCUT2D eigenvalue weighted by Gasteiger charge is -2.27. The van der Waals surface area contributed by atoms with Gasteiger partial charge in [0, 0.05) is 24.5 Å². The standard InChI is InChI=1S/C12H22N2O2S2/c1-8(2)10(4)14(5)18(15,16)12-9(3)7-17-11(12)6-13/h7-8,10H,6,13H2,1-5H3. The maximum atomic E-state index is 12.6. The van der Waals surface area contributed by atoms with Gasteiger partial charge in [-0.2, -0.15) is 4.31 Å². The predicted octanol–water partition coefficient (Wildman–Crippen LogP) is 2.18. The summed E-state index contributed by atoms with van der Waals surface area (Å²) in [6.45, 7) is 8.03. The van der Waals surface area contributed by atoms with E-state index < -0.39 is 10.0 Å². The Morgan fingerprint density at radius 1 is 1.39 bits per heavy atom. The molecular weight excluding hydrogens is 268 g/mol. The summed E-state index contributed by atoms with van der Waals surface area (Å²) >= 11 is 1.41. The van der Waals surface area contributed by atoms with Crippen molar-refractivity contribution in [1.29, 1.82) is 0 Å². The molecule has 0 radical (unpaired) electrons. The number of rotatable bonds is 5. The molecule has 0 saturated carbocycles. The molecule has 0 fully saturated rings. The average molecular weight is 290 g/mol. The summed E-state index contributed by atoms with van der Waals surface area (Å²) < 4.78 is 26.7. The minimum Gasteiger partial charge on any atom is -0.326 e. The van der Waals surface area contributed by atoms with Crippen molar-refractivity contribution in [3.8, 4) is 0 Å². The van der Waals surface area contributed by atoms with Crippen molar-refractivity contribution in [1.82, 2.24) is 4.31 Å². The van der Waals surface area contributed by atoms with E-state index in [2.05, 4.69) is 0 Å². The molecule has 1 heterocycles. The topological polar surface area (TPSA) is 63.4 Å². The molecule has 1 atom stereocenters. The van der Waals surface area contributed by atoms with Crippen molar-refractivity contribution in [2.24, 2.45) is 11.7 Å². The Hall–Kier alpha value is -0.430. The van der Waals surface area contributed by atoms with Crippen molar-refractivity contribution in [2.75, 3.05) is 7.05 Å². The second kappa shape index (κ2) is 5.69. The average Bonchev–Trinajstić information content (AvgIpc) is 2.68. The summed E-state index contributed by atoms with van der Waals surface area (Å²) in [5, 5.41) is 1.85. The van der Waals surface area contributed by atoms with E-state index in [9.17, 15) is 8.42 Å². The molecule has 1 rings (SSSR count). The Morgan fingerprint density at radius 2 is 1.94 bits per heavy atom. The van der Waals surface area contributed by atoms with Gasteiger partial charge < -0.3 is 5.73 Å². The van der Waals surface area contributed by atoms with Gasteiger partial charge in [0.1, 0.15) is 4.90 Å². The highest BCUT2D eigenvalue weighted by molar-refractivity contribution is 7.89. The molecule has 2 N–H and O–H groups in total. The van der Waals surface area contributed by atoms with Gasteiger partial charge >= 0.3 is 0 Å². The third kappa shape index (κ3) is 2.77. The van der Waals surface area contributed by atoms with Gasteiger partial charge in [0.05, 0.1) is 0 Å². The van der Waals surface area contributed by atoms with Gasteiger partial charge in [-0.25, -0.2) is 8.42 Å². The van der Waals surface area contributed by atoms with Crippen molar-refractivity contribution in [3.63, 3.8) is 0 Å². The minimum absolute atomic E-state index is 0.0417. The summed E-state index contributed by atoms with van der Waals surface area (Å²) in [5.41, 5.74) is 6.40. The van der Waals surface area contributed by atoms with Crippen LogP contribution in [0.4, 0.5) is 0 Å². The number of nitrogens with zero attached hydrogens (tertiary/aromatic N) is 1. The van der Waals surface area contributed by atoms with Crippen LogP contribution in [0.1, 0.15) is 31.2 Å². The van der Waals surface area contributed by atoms with Crippen LogP contribution in [-0.2, 0) is 16.6 Å². The number of sulfonamides is 1.